The number of rotatable bonds is 5. The van der Waals surface area contributed by atoms with Gasteiger partial charge in [-0.3, -0.25) is 9.88 Å². The highest BCUT2D eigenvalue weighted by Gasteiger charge is 2.22. The van der Waals surface area contributed by atoms with Gasteiger partial charge in [-0.1, -0.05) is 66.4 Å². The van der Waals surface area contributed by atoms with E-state index in [4.69, 9.17) is 0 Å². The monoisotopic (exact) mass is 411 g/mol. The third-order valence-electron chi connectivity index (χ3n) is 5.53. The number of fused-ring (bicyclic) bond motifs is 1. The quantitative estimate of drug-likeness (QED) is 0.395. The van der Waals surface area contributed by atoms with Gasteiger partial charge in [0.05, 0.1) is 17.4 Å². The lowest BCUT2D eigenvalue weighted by molar-refractivity contribution is 0.212. The number of aromatic nitrogens is 2. The zero-order valence-corrected chi connectivity index (χ0v) is 17.8. The van der Waals surface area contributed by atoms with Gasteiger partial charge in [0.25, 0.3) is 0 Å². The van der Waals surface area contributed by atoms with E-state index in [1.165, 1.54) is 33.2 Å². The van der Waals surface area contributed by atoms with Crippen molar-refractivity contribution in [3.63, 3.8) is 0 Å². The lowest BCUT2D eigenvalue weighted by atomic mass is 10.1. The number of benzene rings is 2. The molecule has 0 bridgehead atoms. The van der Waals surface area contributed by atoms with E-state index in [-0.39, 0.29) is 0 Å². The van der Waals surface area contributed by atoms with Crippen molar-refractivity contribution in [2.75, 3.05) is 6.54 Å². The average Bonchev–Trinajstić information content (AvgIpc) is 2.99. The first kappa shape index (κ1) is 19.2. The van der Waals surface area contributed by atoms with Crippen LogP contribution in [0.5, 0.6) is 0 Å². The van der Waals surface area contributed by atoms with Gasteiger partial charge in [0.1, 0.15) is 0 Å². The van der Waals surface area contributed by atoms with Gasteiger partial charge in [-0.15, -0.1) is 0 Å². The number of pyridine rings is 1. The van der Waals surface area contributed by atoms with Crippen LogP contribution in [0.15, 0.2) is 101 Å². The second-order valence-electron chi connectivity index (χ2n) is 7.70. The van der Waals surface area contributed by atoms with Crippen molar-refractivity contribution in [2.45, 2.75) is 36.0 Å². The van der Waals surface area contributed by atoms with E-state index in [0.717, 1.165) is 31.9 Å². The summed E-state index contributed by atoms with van der Waals surface area (Å²) in [6.07, 6.45) is 4.16. The van der Waals surface area contributed by atoms with Crippen LogP contribution < -0.4 is 0 Å². The van der Waals surface area contributed by atoms with Crippen molar-refractivity contribution >= 4 is 11.8 Å². The summed E-state index contributed by atoms with van der Waals surface area (Å²) in [5.74, 6) is 0. The van der Waals surface area contributed by atoms with Gasteiger partial charge < -0.3 is 4.57 Å². The van der Waals surface area contributed by atoms with Crippen molar-refractivity contribution in [3.8, 4) is 11.3 Å². The van der Waals surface area contributed by atoms with E-state index in [0.29, 0.717) is 0 Å². The van der Waals surface area contributed by atoms with E-state index >= 15 is 0 Å². The second kappa shape index (κ2) is 8.90. The van der Waals surface area contributed by atoms with Crippen molar-refractivity contribution < 1.29 is 0 Å². The fraction of sp³-hybridized carbons (Fsp3) is 0.192. The van der Waals surface area contributed by atoms with Crippen LogP contribution in [-0.2, 0) is 19.6 Å². The average molecular weight is 412 g/mol. The van der Waals surface area contributed by atoms with Gasteiger partial charge in [-0.05, 0) is 48.7 Å². The lowest BCUT2D eigenvalue weighted by Gasteiger charge is -2.23. The summed E-state index contributed by atoms with van der Waals surface area (Å²) in [4.78, 5) is 8.48. The lowest BCUT2D eigenvalue weighted by Crippen LogP contribution is -2.26. The van der Waals surface area contributed by atoms with Gasteiger partial charge in [0, 0.05) is 35.4 Å². The molecule has 2 aromatic heterocycles. The predicted octanol–water partition coefficient (Wildman–Crippen LogP) is 6.11. The molecule has 0 amide bonds. The topological polar surface area (TPSA) is 21.1 Å². The van der Waals surface area contributed by atoms with Gasteiger partial charge in [0.15, 0.2) is 0 Å². The molecule has 2 aromatic carbocycles. The molecule has 0 radical (unpaired) electrons. The number of hydrogen-bond acceptors (Lipinski definition) is 3. The van der Waals surface area contributed by atoms with Gasteiger partial charge in [-0.25, -0.2) is 0 Å². The molecular weight excluding hydrogens is 386 g/mol. The van der Waals surface area contributed by atoms with E-state index < -0.39 is 0 Å². The molecular formula is C26H25N3S. The predicted molar refractivity (Wildman–Crippen MR) is 123 cm³/mol. The number of nitrogens with zero attached hydrogens (tertiary/aromatic N) is 3. The van der Waals surface area contributed by atoms with Crippen molar-refractivity contribution in [2.24, 2.45) is 0 Å². The molecule has 4 heteroatoms. The van der Waals surface area contributed by atoms with Crippen LogP contribution in [-0.4, -0.2) is 21.0 Å². The Morgan fingerprint density at radius 1 is 0.867 bits per heavy atom. The molecule has 5 rings (SSSR count). The van der Waals surface area contributed by atoms with E-state index in [1.54, 1.807) is 0 Å². The van der Waals surface area contributed by atoms with Crippen LogP contribution in [0.25, 0.3) is 11.3 Å². The molecule has 1 aliphatic rings. The SMILES string of the molecule is c1ccc(CN2CCCc3cc(-c4ccccn4)c(Sc4ccccc4)n3C2)cc1. The first-order valence-corrected chi connectivity index (χ1v) is 11.3. The smallest absolute Gasteiger partial charge is 0.0905 e. The van der Waals surface area contributed by atoms with Crippen LogP contribution >= 0.6 is 11.8 Å². The van der Waals surface area contributed by atoms with Crippen LogP contribution in [0.1, 0.15) is 17.7 Å². The summed E-state index contributed by atoms with van der Waals surface area (Å²) < 4.78 is 2.51. The number of hydrogen-bond donors (Lipinski definition) is 0. The summed E-state index contributed by atoms with van der Waals surface area (Å²) in [6.45, 7) is 3.00. The van der Waals surface area contributed by atoms with Gasteiger partial charge in [0.2, 0.25) is 0 Å². The Kier molecular flexibility index (Phi) is 5.69. The van der Waals surface area contributed by atoms with Gasteiger partial charge >= 0.3 is 0 Å². The van der Waals surface area contributed by atoms with Crippen LogP contribution in [0, 0.1) is 0 Å². The number of aryl methyl sites for hydroxylation is 1. The Balaban J connectivity index is 1.53. The minimum absolute atomic E-state index is 0.909. The van der Waals surface area contributed by atoms with E-state index in [9.17, 15) is 0 Å². The van der Waals surface area contributed by atoms with Crippen molar-refractivity contribution in [1.29, 1.82) is 0 Å². The third kappa shape index (κ3) is 4.20. The molecule has 1 aliphatic heterocycles. The summed E-state index contributed by atoms with van der Waals surface area (Å²) >= 11 is 1.84. The normalized spacial score (nSPS) is 14.3. The molecule has 0 atom stereocenters. The first-order chi connectivity index (χ1) is 14.9. The molecule has 0 saturated heterocycles. The summed E-state index contributed by atoms with van der Waals surface area (Å²) in [5.41, 5.74) is 5.06. The van der Waals surface area contributed by atoms with E-state index in [2.05, 4.69) is 93.3 Å². The molecule has 0 N–H and O–H groups in total. The Hall–Kier alpha value is -2.82. The minimum atomic E-state index is 0.909. The standard InChI is InChI=1S/C26H25N3S/c1-3-10-21(11-4-1)19-28-17-9-12-22-18-24(25-15-7-8-16-27-25)26(29(22)20-28)30-23-13-5-2-6-14-23/h1-8,10-11,13-16,18H,9,12,17,19-20H2. The Bertz CT molecular complexity index is 1090. The maximum Gasteiger partial charge on any atom is 0.0905 e. The van der Waals surface area contributed by atoms with Crippen LogP contribution in [0.4, 0.5) is 0 Å². The molecule has 4 aromatic rings. The summed E-state index contributed by atoms with van der Waals surface area (Å²) in [7, 11) is 0. The molecule has 0 aliphatic carbocycles. The highest BCUT2D eigenvalue weighted by Crippen LogP contribution is 2.39. The first-order valence-electron chi connectivity index (χ1n) is 10.5. The zero-order valence-electron chi connectivity index (χ0n) is 16.9. The molecule has 0 fully saturated rings. The molecule has 0 unspecified atom stereocenters. The van der Waals surface area contributed by atoms with Crippen molar-refractivity contribution in [3.05, 3.63) is 102 Å². The molecule has 0 saturated carbocycles. The summed E-state index contributed by atoms with van der Waals surface area (Å²) in [5, 5.41) is 1.29. The maximum absolute atomic E-state index is 4.66. The Labute approximate surface area is 182 Å². The highest BCUT2D eigenvalue weighted by atomic mass is 32.2. The van der Waals surface area contributed by atoms with Crippen molar-refractivity contribution in [1.82, 2.24) is 14.5 Å². The van der Waals surface area contributed by atoms with Crippen LogP contribution in [0.2, 0.25) is 0 Å². The molecule has 3 nitrogen and oxygen atoms in total. The minimum Gasteiger partial charge on any atom is -0.326 e. The molecule has 0 spiro atoms. The molecule has 3 heterocycles. The zero-order chi connectivity index (χ0) is 20.2. The fourth-order valence-electron chi connectivity index (χ4n) is 4.09. The maximum atomic E-state index is 4.66. The molecule has 150 valence electrons. The molecule has 30 heavy (non-hydrogen) atoms. The Morgan fingerprint density at radius 2 is 1.63 bits per heavy atom. The third-order valence-corrected chi connectivity index (χ3v) is 6.67. The largest absolute Gasteiger partial charge is 0.326 e. The van der Waals surface area contributed by atoms with Crippen LogP contribution in [0.3, 0.4) is 0 Å². The Morgan fingerprint density at radius 3 is 2.40 bits per heavy atom. The highest BCUT2D eigenvalue weighted by molar-refractivity contribution is 7.99. The fourth-order valence-corrected chi connectivity index (χ4v) is 5.16. The second-order valence-corrected chi connectivity index (χ2v) is 8.76. The van der Waals surface area contributed by atoms with E-state index in [1.807, 2.05) is 24.0 Å². The summed E-state index contributed by atoms with van der Waals surface area (Å²) in [6, 6.07) is 30.0. The van der Waals surface area contributed by atoms with Gasteiger partial charge in [-0.2, -0.15) is 0 Å².